The smallest absolute Gasteiger partial charge is 0.204 e. The molecule has 0 atom stereocenters. The molecule has 1 aliphatic rings. The molecule has 1 saturated carbocycles. The second-order valence-corrected chi connectivity index (χ2v) is 5.12. The van der Waals surface area contributed by atoms with Crippen LogP contribution in [0.2, 0.25) is 0 Å². The minimum absolute atomic E-state index is 0.559. The minimum atomic E-state index is -0.607. The molecule has 0 radical (unpaired) electrons. The maximum absolute atomic E-state index is 10.5. The van der Waals surface area contributed by atoms with Crippen molar-refractivity contribution in [3.63, 3.8) is 0 Å². The standard InChI is InChI=1S/C13H22N4O2/c1-14-11-10(19-3)12(16-9-15-11)17(2)8-13(18)6-4-5-7-13/h9,18H,4-8H2,1-3H3,(H,14,15,16). The lowest BCUT2D eigenvalue weighted by Crippen LogP contribution is -2.39. The number of methoxy groups -OCH3 is 1. The van der Waals surface area contributed by atoms with Crippen molar-refractivity contribution in [2.75, 3.05) is 38.0 Å². The number of nitrogens with one attached hydrogen (secondary N) is 1. The number of nitrogens with zero attached hydrogens (tertiary/aromatic N) is 3. The highest BCUT2D eigenvalue weighted by molar-refractivity contribution is 5.64. The molecule has 2 N–H and O–H groups in total. The number of likely N-dealkylation sites (N-methyl/N-ethyl adjacent to an activating group) is 1. The second kappa shape index (κ2) is 5.61. The van der Waals surface area contributed by atoms with Crippen LogP contribution in [0.5, 0.6) is 5.75 Å². The summed E-state index contributed by atoms with van der Waals surface area (Å²) in [5, 5.41) is 13.5. The summed E-state index contributed by atoms with van der Waals surface area (Å²) < 4.78 is 5.38. The number of hydrogen-bond donors (Lipinski definition) is 2. The van der Waals surface area contributed by atoms with Crippen molar-refractivity contribution in [3.05, 3.63) is 6.33 Å². The van der Waals surface area contributed by atoms with E-state index in [1.807, 2.05) is 11.9 Å². The summed E-state index contributed by atoms with van der Waals surface area (Å²) in [7, 11) is 5.31. The van der Waals surface area contributed by atoms with Crippen LogP contribution in [-0.4, -0.2) is 48.4 Å². The van der Waals surface area contributed by atoms with Gasteiger partial charge in [-0.3, -0.25) is 0 Å². The quantitative estimate of drug-likeness (QED) is 0.836. The Kier molecular flexibility index (Phi) is 4.09. The first kappa shape index (κ1) is 13.9. The van der Waals surface area contributed by atoms with Gasteiger partial charge in [-0.25, -0.2) is 9.97 Å². The lowest BCUT2D eigenvalue weighted by Gasteiger charge is -2.30. The van der Waals surface area contributed by atoms with E-state index in [0.717, 1.165) is 25.7 Å². The lowest BCUT2D eigenvalue weighted by atomic mass is 10.0. The van der Waals surface area contributed by atoms with Gasteiger partial charge in [0, 0.05) is 20.6 Å². The molecule has 0 unspecified atom stereocenters. The summed E-state index contributed by atoms with van der Waals surface area (Å²) in [5.74, 6) is 1.95. The molecule has 1 aromatic heterocycles. The maximum atomic E-state index is 10.5. The summed E-state index contributed by atoms with van der Waals surface area (Å²) in [6.45, 7) is 0.559. The molecule has 0 aliphatic heterocycles. The van der Waals surface area contributed by atoms with Gasteiger partial charge in [0.2, 0.25) is 5.75 Å². The Balaban J connectivity index is 2.20. The van der Waals surface area contributed by atoms with Crippen molar-refractivity contribution in [2.24, 2.45) is 0 Å². The highest BCUT2D eigenvalue weighted by Crippen LogP contribution is 2.35. The van der Waals surface area contributed by atoms with E-state index in [9.17, 15) is 5.11 Å². The molecule has 6 nitrogen and oxygen atoms in total. The maximum Gasteiger partial charge on any atom is 0.204 e. The van der Waals surface area contributed by atoms with E-state index in [1.54, 1.807) is 14.2 Å². The zero-order chi connectivity index (χ0) is 13.9. The predicted octanol–water partition coefficient (Wildman–Crippen LogP) is 1.27. The van der Waals surface area contributed by atoms with Crippen molar-refractivity contribution in [2.45, 2.75) is 31.3 Å². The monoisotopic (exact) mass is 266 g/mol. The van der Waals surface area contributed by atoms with Crippen LogP contribution in [0.15, 0.2) is 6.33 Å². The molecule has 1 aromatic rings. The van der Waals surface area contributed by atoms with Crippen molar-refractivity contribution >= 4 is 11.6 Å². The topological polar surface area (TPSA) is 70.5 Å². The van der Waals surface area contributed by atoms with Gasteiger partial charge < -0.3 is 20.1 Å². The fraction of sp³-hybridized carbons (Fsp3) is 0.692. The number of aliphatic hydroxyl groups is 1. The van der Waals surface area contributed by atoms with Crippen LogP contribution < -0.4 is 15.0 Å². The van der Waals surface area contributed by atoms with Crippen LogP contribution in [0.1, 0.15) is 25.7 Å². The summed E-state index contributed by atoms with van der Waals surface area (Å²) in [5.41, 5.74) is -0.607. The molecule has 1 fully saturated rings. The van der Waals surface area contributed by atoms with Gasteiger partial charge in [0.15, 0.2) is 11.6 Å². The number of anilines is 2. The molecular weight excluding hydrogens is 244 g/mol. The van der Waals surface area contributed by atoms with Gasteiger partial charge >= 0.3 is 0 Å². The van der Waals surface area contributed by atoms with Crippen molar-refractivity contribution in [1.82, 2.24) is 9.97 Å². The van der Waals surface area contributed by atoms with E-state index in [4.69, 9.17) is 4.74 Å². The second-order valence-electron chi connectivity index (χ2n) is 5.12. The first-order valence-corrected chi connectivity index (χ1v) is 6.60. The average Bonchev–Trinajstić information content (AvgIpc) is 2.83. The summed E-state index contributed by atoms with van der Waals surface area (Å²) in [4.78, 5) is 10.3. The number of aromatic nitrogens is 2. The minimum Gasteiger partial charge on any atom is -0.490 e. The average molecular weight is 266 g/mol. The third kappa shape index (κ3) is 2.89. The molecule has 106 valence electrons. The normalized spacial score (nSPS) is 17.3. The van der Waals surface area contributed by atoms with Gasteiger partial charge in [-0.05, 0) is 12.8 Å². The van der Waals surface area contributed by atoms with E-state index in [2.05, 4.69) is 15.3 Å². The molecule has 0 bridgehead atoms. The Hall–Kier alpha value is -1.56. The summed E-state index contributed by atoms with van der Waals surface area (Å²) in [6.07, 6.45) is 5.38. The highest BCUT2D eigenvalue weighted by atomic mass is 16.5. The third-order valence-electron chi connectivity index (χ3n) is 3.65. The number of rotatable bonds is 5. The Labute approximate surface area is 113 Å². The van der Waals surface area contributed by atoms with Crippen LogP contribution in [0, 0.1) is 0 Å². The van der Waals surface area contributed by atoms with Crippen LogP contribution in [-0.2, 0) is 0 Å². The van der Waals surface area contributed by atoms with E-state index in [-0.39, 0.29) is 0 Å². The van der Waals surface area contributed by atoms with E-state index < -0.39 is 5.60 Å². The Morgan fingerprint density at radius 2 is 2.11 bits per heavy atom. The Morgan fingerprint density at radius 1 is 1.42 bits per heavy atom. The van der Waals surface area contributed by atoms with Crippen LogP contribution in [0.4, 0.5) is 11.6 Å². The predicted molar refractivity (Wildman–Crippen MR) is 74.8 cm³/mol. The molecule has 0 amide bonds. The van der Waals surface area contributed by atoms with E-state index in [1.165, 1.54) is 6.33 Å². The Morgan fingerprint density at radius 3 is 2.68 bits per heavy atom. The third-order valence-corrected chi connectivity index (χ3v) is 3.65. The van der Waals surface area contributed by atoms with Crippen LogP contribution >= 0.6 is 0 Å². The molecule has 19 heavy (non-hydrogen) atoms. The number of hydrogen-bond acceptors (Lipinski definition) is 6. The molecule has 0 spiro atoms. The molecule has 6 heteroatoms. The summed E-state index contributed by atoms with van der Waals surface area (Å²) in [6, 6.07) is 0. The molecule has 1 heterocycles. The SMILES string of the molecule is CNc1ncnc(N(C)CC2(O)CCCC2)c1OC. The zero-order valence-electron chi connectivity index (χ0n) is 11.8. The lowest BCUT2D eigenvalue weighted by molar-refractivity contribution is 0.0557. The zero-order valence-corrected chi connectivity index (χ0v) is 11.8. The molecule has 1 aliphatic carbocycles. The van der Waals surface area contributed by atoms with Crippen molar-refractivity contribution in [3.8, 4) is 5.75 Å². The van der Waals surface area contributed by atoms with Gasteiger partial charge in [-0.1, -0.05) is 12.8 Å². The van der Waals surface area contributed by atoms with E-state index in [0.29, 0.717) is 23.9 Å². The largest absolute Gasteiger partial charge is 0.490 e. The fourth-order valence-electron chi connectivity index (χ4n) is 2.71. The first-order chi connectivity index (χ1) is 9.09. The number of ether oxygens (including phenoxy) is 1. The van der Waals surface area contributed by atoms with Crippen molar-refractivity contribution in [1.29, 1.82) is 0 Å². The molecule has 0 aromatic carbocycles. The van der Waals surface area contributed by atoms with Gasteiger partial charge in [0.05, 0.1) is 12.7 Å². The first-order valence-electron chi connectivity index (χ1n) is 6.60. The highest BCUT2D eigenvalue weighted by Gasteiger charge is 2.33. The van der Waals surface area contributed by atoms with Crippen LogP contribution in [0.3, 0.4) is 0 Å². The molecular formula is C13H22N4O2. The van der Waals surface area contributed by atoms with Gasteiger partial charge in [0.25, 0.3) is 0 Å². The van der Waals surface area contributed by atoms with Gasteiger partial charge in [0.1, 0.15) is 6.33 Å². The summed E-state index contributed by atoms with van der Waals surface area (Å²) >= 11 is 0. The van der Waals surface area contributed by atoms with Crippen LogP contribution in [0.25, 0.3) is 0 Å². The van der Waals surface area contributed by atoms with E-state index >= 15 is 0 Å². The van der Waals surface area contributed by atoms with Crippen molar-refractivity contribution < 1.29 is 9.84 Å². The molecule has 2 rings (SSSR count). The van der Waals surface area contributed by atoms with Gasteiger partial charge in [-0.2, -0.15) is 0 Å². The Bertz CT molecular complexity index is 433. The van der Waals surface area contributed by atoms with Gasteiger partial charge in [-0.15, -0.1) is 0 Å². The molecule has 0 saturated heterocycles. The fourth-order valence-corrected chi connectivity index (χ4v) is 2.71.